The Kier molecular flexibility index (Phi) is 4.77. The number of carbonyl (C=O) groups is 1. The second-order valence-electron chi connectivity index (χ2n) is 4.37. The van der Waals surface area contributed by atoms with Crippen LogP contribution in [-0.2, 0) is 4.74 Å². The van der Waals surface area contributed by atoms with E-state index >= 15 is 0 Å². The van der Waals surface area contributed by atoms with Crippen molar-refractivity contribution in [2.75, 3.05) is 14.2 Å². The molecule has 0 spiro atoms. The fourth-order valence-corrected chi connectivity index (χ4v) is 1.87. The Bertz CT molecular complexity index is 613. The Hall–Kier alpha value is -2.56. The number of esters is 1. The number of methoxy groups -OCH3 is 2. The highest BCUT2D eigenvalue weighted by molar-refractivity contribution is 5.92. The van der Waals surface area contributed by atoms with Crippen LogP contribution in [0, 0.1) is 0 Å². The van der Waals surface area contributed by atoms with E-state index in [-0.39, 0.29) is 0 Å². The molecule has 0 amide bonds. The van der Waals surface area contributed by atoms with Gasteiger partial charge in [-0.05, 0) is 31.2 Å². The zero-order chi connectivity index (χ0) is 15.2. The molecule has 0 saturated carbocycles. The van der Waals surface area contributed by atoms with E-state index < -0.39 is 12.1 Å². The Morgan fingerprint density at radius 2 is 1.95 bits per heavy atom. The molecular formula is C16H17NO4. The van der Waals surface area contributed by atoms with E-state index in [1.54, 1.807) is 38.4 Å². The predicted octanol–water partition coefficient (Wildman–Crippen LogP) is 3.02. The first kappa shape index (κ1) is 14.8. The molecule has 0 aliphatic carbocycles. The monoisotopic (exact) mass is 287 g/mol. The van der Waals surface area contributed by atoms with E-state index in [0.29, 0.717) is 22.8 Å². The number of carbonyl (C=O) groups excluding carboxylic acids is 1. The molecule has 0 N–H and O–H groups in total. The van der Waals surface area contributed by atoms with Crippen molar-refractivity contribution >= 4 is 5.97 Å². The van der Waals surface area contributed by atoms with E-state index in [9.17, 15) is 4.79 Å². The number of aromatic nitrogens is 1. The number of rotatable bonds is 5. The third kappa shape index (κ3) is 3.51. The SMILES string of the molecule is COc1ccc(C(=O)O[C@@H](C)c2ccccn2)c(OC)c1. The van der Waals surface area contributed by atoms with Gasteiger partial charge in [-0.2, -0.15) is 0 Å². The second kappa shape index (κ2) is 6.74. The van der Waals surface area contributed by atoms with Crippen molar-refractivity contribution in [3.8, 4) is 11.5 Å². The van der Waals surface area contributed by atoms with E-state index in [2.05, 4.69) is 4.98 Å². The smallest absolute Gasteiger partial charge is 0.342 e. The maximum atomic E-state index is 12.2. The van der Waals surface area contributed by atoms with E-state index in [1.165, 1.54) is 7.11 Å². The van der Waals surface area contributed by atoms with Gasteiger partial charge in [-0.3, -0.25) is 4.98 Å². The molecule has 5 nitrogen and oxygen atoms in total. The zero-order valence-electron chi connectivity index (χ0n) is 12.2. The normalized spacial score (nSPS) is 11.6. The first-order valence-corrected chi connectivity index (χ1v) is 6.49. The average Bonchev–Trinajstić information content (AvgIpc) is 2.54. The summed E-state index contributed by atoms with van der Waals surface area (Å²) in [7, 11) is 3.05. The van der Waals surface area contributed by atoms with Gasteiger partial charge in [-0.25, -0.2) is 4.79 Å². The van der Waals surface area contributed by atoms with Gasteiger partial charge in [0.1, 0.15) is 23.2 Å². The minimum Gasteiger partial charge on any atom is -0.497 e. The molecule has 21 heavy (non-hydrogen) atoms. The molecule has 0 radical (unpaired) electrons. The number of benzene rings is 1. The molecule has 2 rings (SSSR count). The minimum atomic E-state index is -0.465. The fraction of sp³-hybridized carbons (Fsp3) is 0.250. The Balaban J connectivity index is 2.17. The lowest BCUT2D eigenvalue weighted by Crippen LogP contribution is -2.11. The summed E-state index contributed by atoms with van der Waals surface area (Å²) in [6.07, 6.45) is 1.22. The molecule has 110 valence electrons. The molecular weight excluding hydrogens is 270 g/mol. The summed E-state index contributed by atoms with van der Waals surface area (Å²) in [5, 5.41) is 0. The van der Waals surface area contributed by atoms with Crippen molar-refractivity contribution in [1.29, 1.82) is 0 Å². The third-order valence-corrected chi connectivity index (χ3v) is 3.02. The molecule has 1 heterocycles. The molecule has 1 aromatic heterocycles. The number of nitrogens with zero attached hydrogens (tertiary/aromatic N) is 1. The van der Waals surface area contributed by atoms with Gasteiger partial charge < -0.3 is 14.2 Å². The Morgan fingerprint density at radius 3 is 2.57 bits per heavy atom. The van der Waals surface area contributed by atoms with Gasteiger partial charge in [0.25, 0.3) is 0 Å². The zero-order valence-corrected chi connectivity index (χ0v) is 12.2. The Labute approximate surface area is 123 Å². The molecule has 1 aromatic carbocycles. The van der Waals surface area contributed by atoms with Crippen LogP contribution in [0.15, 0.2) is 42.6 Å². The first-order chi connectivity index (χ1) is 10.2. The summed E-state index contributed by atoms with van der Waals surface area (Å²) >= 11 is 0. The molecule has 0 aliphatic heterocycles. The summed E-state index contributed by atoms with van der Waals surface area (Å²) in [6, 6.07) is 10.4. The lowest BCUT2D eigenvalue weighted by Gasteiger charge is -2.14. The number of ether oxygens (including phenoxy) is 3. The largest absolute Gasteiger partial charge is 0.497 e. The summed E-state index contributed by atoms with van der Waals surface area (Å²) in [6.45, 7) is 1.77. The minimum absolute atomic E-state index is 0.348. The summed E-state index contributed by atoms with van der Waals surface area (Å²) in [5.74, 6) is 0.557. The highest BCUT2D eigenvalue weighted by Crippen LogP contribution is 2.26. The van der Waals surface area contributed by atoms with E-state index in [0.717, 1.165) is 0 Å². The second-order valence-corrected chi connectivity index (χ2v) is 4.37. The predicted molar refractivity (Wildman–Crippen MR) is 77.6 cm³/mol. The van der Waals surface area contributed by atoms with Crippen molar-refractivity contribution < 1.29 is 19.0 Å². The molecule has 0 bridgehead atoms. The van der Waals surface area contributed by atoms with Crippen LogP contribution in [0.5, 0.6) is 11.5 Å². The molecule has 0 unspecified atom stereocenters. The van der Waals surface area contributed by atoms with Crippen LogP contribution in [0.25, 0.3) is 0 Å². The highest BCUT2D eigenvalue weighted by Gasteiger charge is 2.18. The quantitative estimate of drug-likeness (QED) is 0.791. The van der Waals surface area contributed by atoms with Crippen LogP contribution in [0.3, 0.4) is 0 Å². The standard InChI is InChI=1S/C16H17NO4/c1-11(14-6-4-5-9-17-14)21-16(18)13-8-7-12(19-2)10-15(13)20-3/h4-11H,1-3H3/t11-/m0/s1. The third-order valence-electron chi connectivity index (χ3n) is 3.02. The number of hydrogen-bond acceptors (Lipinski definition) is 5. The van der Waals surface area contributed by atoms with Gasteiger partial charge in [0.2, 0.25) is 0 Å². The van der Waals surface area contributed by atoms with Gasteiger partial charge in [0.05, 0.1) is 19.9 Å². The van der Waals surface area contributed by atoms with Crippen LogP contribution < -0.4 is 9.47 Å². The van der Waals surface area contributed by atoms with Gasteiger partial charge in [0.15, 0.2) is 0 Å². The van der Waals surface area contributed by atoms with Gasteiger partial charge in [-0.1, -0.05) is 6.07 Å². The van der Waals surface area contributed by atoms with Crippen molar-refractivity contribution in [3.63, 3.8) is 0 Å². The van der Waals surface area contributed by atoms with Crippen molar-refractivity contribution in [2.24, 2.45) is 0 Å². The van der Waals surface area contributed by atoms with Crippen LogP contribution in [-0.4, -0.2) is 25.2 Å². The summed E-state index contributed by atoms with van der Waals surface area (Å²) in [4.78, 5) is 16.4. The molecule has 0 aliphatic rings. The van der Waals surface area contributed by atoms with Gasteiger partial charge in [0, 0.05) is 12.3 Å². The number of hydrogen-bond donors (Lipinski definition) is 0. The van der Waals surface area contributed by atoms with Crippen molar-refractivity contribution in [2.45, 2.75) is 13.0 Å². The molecule has 1 atom stereocenters. The Morgan fingerprint density at radius 1 is 1.14 bits per heavy atom. The summed E-state index contributed by atoms with van der Waals surface area (Å²) in [5.41, 5.74) is 1.04. The van der Waals surface area contributed by atoms with E-state index in [4.69, 9.17) is 14.2 Å². The maximum absolute atomic E-state index is 12.2. The van der Waals surface area contributed by atoms with Gasteiger partial charge in [-0.15, -0.1) is 0 Å². The van der Waals surface area contributed by atoms with Crippen LogP contribution >= 0.6 is 0 Å². The topological polar surface area (TPSA) is 57.7 Å². The molecule has 0 saturated heterocycles. The van der Waals surface area contributed by atoms with Crippen LogP contribution in [0.2, 0.25) is 0 Å². The first-order valence-electron chi connectivity index (χ1n) is 6.49. The van der Waals surface area contributed by atoms with Crippen molar-refractivity contribution in [3.05, 3.63) is 53.9 Å². The number of pyridine rings is 1. The lowest BCUT2D eigenvalue weighted by molar-refractivity contribution is 0.0326. The highest BCUT2D eigenvalue weighted by atomic mass is 16.5. The maximum Gasteiger partial charge on any atom is 0.342 e. The fourth-order valence-electron chi connectivity index (χ4n) is 1.87. The van der Waals surface area contributed by atoms with E-state index in [1.807, 2.05) is 18.2 Å². The van der Waals surface area contributed by atoms with Gasteiger partial charge >= 0.3 is 5.97 Å². The van der Waals surface area contributed by atoms with Crippen LogP contribution in [0.1, 0.15) is 29.1 Å². The van der Waals surface area contributed by atoms with Crippen molar-refractivity contribution in [1.82, 2.24) is 4.98 Å². The molecule has 0 fully saturated rings. The molecule has 5 heteroatoms. The summed E-state index contributed by atoms with van der Waals surface area (Å²) < 4.78 is 15.7. The van der Waals surface area contributed by atoms with Crippen LogP contribution in [0.4, 0.5) is 0 Å². The lowest BCUT2D eigenvalue weighted by atomic mass is 10.2. The average molecular weight is 287 g/mol. The molecule has 2 aromatic rings.